The van der Waals surface area contributed by atoms with E-state index in [1.54, 1.807) is 11.8 Å². The summed E-state index contributed by atoms with van der Waals surface area (Å²) in [6.07, 6.45) is 4.41. The first-order valence-electron chi connectivity index (χ1n) is 8.31. The highest BCUT2D eigenvalue weighted by Gasteiger charge is 2.25. The Hall–Kier alpha value is -1.40. The topological polar surface area (TPSA) is 66.5 Å². The van der Waals surface area contributed by atoms with Gasteiger partial charge in [0.15, 0.2) is 0 Å². The van der Waals surface area contributed by atoms with Crippen LogP contribution in [-0.4, -0.2) is 44.1 Å². The largest absolute Gasteiger partial charge is 0.341 e. The molecule has 1 fully saturated rings. The first kappa shape index (κ1) is 17.9. The molecule has 0 aromatic heterocycles. The van der Waals surface area contributed by atoms with Crippen LogP contribution in [0.4, 0.5) is 0 Å². The van der Waals surface area contributed by atoms with Crippen LogP contribution in [0.5, 0.6) is 0 Å². The number of carbonyl (C=O) groups excluding carboxylic acids is 1. The van der Waals surface area contributed by atoms with Gasteiger partial charge in [-0.15, -0.1) is 0 Å². The summed E-state index contributed by atoms with van der Waals surface area (Å²) in [4.78, 5) is 14.0. The third-order valence-electron chi connectivity index (χ3n) is 4.12. The number of rotatable bonds is 7. The quantitative estimate of drug-likeness (QED) is 0.826. The van der Waals surface area contributed by atoms with E-state index >= 15 is 0 Å². The molecule has 23 heavy (non-hydrogen) atoms. The first-order chi connectivity index (χ1) is 11.0. The molecule has 2 rings (SSSR count). The van der Waals surface area contributed by atoms with Crippen molar-refractivity contribution in [1.82, 2.24) is 9.62 Å². The van der Waals surface area contributed by atoms with E-state index in [0.717, 1.165) is 44.3 Å². The zero-order valence-corrected chi connectivity index (χ0v) is 14.5. The Labute approximate surface area is 139 Å². The van der Waals surface area contributed by atoms with E-state index in [9.17, 15) is 13.2 Å². The van der Waals surface area contributed by atoms with Crippen molar-refractivity contribution in [2.75, 3.05) is 18.8 Å². The SMILES string of the molecule is C[C@H](NS(=O)(=O)CCCc1ccccc1)C(=O)N1CCCCC1. The molecule has 1 aromatic carbocycles. The lowest BCUT2D eigenvalue weighted by Crippen LogP contribution is -2.48. The normalized spacial score (nSPS) is 17.0. The third kappa shape index (κ3) is 5.95. The molecule has 128 valence electrons. The van der Waals surface area contributed by atoms with E-state index in [4.69, 9.17) is 0 Å². The van der Waals surface area contributed by atoms with Crippen molar-refractivity contribution in [3.05, 3.63) is 35.9 Å². The van der Waals surface area contributed by atoms with Crippen LogP contribution in [0.2, 0.25) is 0 Å². The molecule has 1 aliphatic rings. The molecule has 0 bridgehead atoms. The number of benzene rings is 1. The van der Waals surface area contributed by atoms with Crippen LogP contribution >= 0.6 is 0 Å². The predicted octanol–water partition coefficient (Wildman–Crippen LogP) is 1.94. The predicted molar refractivity (Wildman–Crippen MR) is 91.6 cm³/mol. The zero-order chi connectivity index (χ0) is 16.7. The van der Waals surface area contributed by atoms with Crippen LogP contribution in [-0.2, 0) is 21.2 Å². The first-order valence-corrected chi connectivity index (χ1v) is 9.96. The third-order valence-corrected chi connectivity index (χ3v) is 5.65. The molecule has 1 heterocycles. The highest BCUT2D eigenvalue weighted by Crippen LogP contribution is 2.10. The van der Waals surface area contributed by atoms with Gasteiger partial charge in [-0.3, -0.25) is 4.79 Å². The number of hydrogen-bond donors (Lipinski definition) is 1. The van der Waals surface area contributed by atoms with Crippen molar-refractivity contribution in [2.24, 2.45) is 0 Å². The minimum Gasteiger partial charge on any atom is -0.341 e. The van der Waals surface area contributed by atoms with E-state index < -0.39 is 16.1 Å². The van der Waals surface area contributed by atoms with Gasteiger partial charge in [-0.1, -0.05) is 30.3 Å². The maximum absolute atomic E-state index is 12.3. The van der Waals surface area contributed by atoms with Gasteiger partial charge in [-0.05, 0) is 44.6 Å². The fraction of sp³-hybridized carbons (Fsp3) is 0.588. The molecule has 1 saturated heterocycles. The molecule has 1 N–H and O–H groups in total. The second kappa shape index (κ2) is 8.45. The van der Waals surface area contributed by atoms with E-state index in [1.807, 2.05) is 30.3 Å². The van der Waals surface area contributed by atoms with Crippen molar-refractivity contribution in [3.63, 3.8) is 0 Å². The summed E-state index contributed by atoms with van der Waals surface area (Å²) < 4.78 is 26.8. The summed E-state index contributed by atoms with van der Waals surface area (Å²) in [5, 5.41) is 0. The van der Waals surface area contributed by atoms with E-state index in [1.165, 1.54) is 0 Å². The molecule has 5 nitrogen and oxygen atoms in total. The van der Waals surface area contributed by atoms with Crippen molar-refractivity contribution < 1.29 is 13.2 Å². The van der Waals surface area contributed by atoms with Gasteiger partial charge < -0.3 is 4.90 Å². The summed E-state index contributed by atoms with van der Waals surface area (Å²) >= 11 is 0. The fourth-order valence-corrected chi connectivity index (χ4v) is 4.16. The minimum atomic E-state index is -3.43. The minimum absolute atomic E-state index is 0.0412. The monoisotopic (exact) mass is 338 g/mol. The molecular weight excluding hydrogens is 312 g/mol. The number of aryl methyl sites for hydroxylation is 1. The molecule has 1 atom stereocenters. The zero-order valence-electron chi connectivity index (χ0n) is 13.7. The summed E-state index contributed by atoms with van der Waals surface area (Å²) in [6, 6.07) is 9.12. The smallest absolute Gasteiger partial charge is 0.240 e. The van der Waals surface area contributed by atoms with Gasteiger partial charge in [0.25, 0.3) is 0 Å². The highest BCUT2D eigenvalue weighted by atomic mass is 32.2. The molecule has 0 radical (unpaired) electrons. The Kier molecular flexibility index (Phi) is 6.59. The molecule has 1 aromatic rings. The molecule has 0 spiro atoms. The Bertz CT molecular complexity index is 596. The molecular formula is C17H26N2O3S. The Morgan fingerprint density at radius 2 is 1.83 bits per heavy atom. The van der Waals surface area contributed by atoms with Crippen molar-refractivity contribution in [1.29, 1.82) is 0 Å². The number of hydrogen-bond acceptors (Lipinski definition) is 3. The van der Waals surface area contributed by atoms with Crippen LogP contribution in [0, 0.1) is 0 Å². The number of carbonyl (C=O) groups is 1. The van der Waals surface area contributed by atoms with Crippen molar-refractivity contribution in [2.45, 2.75) is 45.1 Å². The molecule has 0 aliphatic carbocycles. The van der Waals surface area contributed by atoms with Gasteiger partial charge in [-0.25, -0.2) is 13.1 Å². The number of nitrogens with zero attached hydrogens (tertiary/aromatic N) is 1. The summed E-state index contributed by atoms with van der Waals surface area (Å²) in [5.74, 6) is -0.0733. The standard InChI is InChI=1S/C17H26N2O3S/c1-15(17(20)19-12-6-3-7-13-19)18-23(21,22)14-8-11-16-9-4-2-5-10-16/h2,4-5,9-10,15,18H,3,6-8,11-14H2,1H3/t15-/m0/s1. The van der Waals surface area contributed by atoms with Gasteiger partial charge in [0.05, 0.1) is 11.8 Å². The second-order valence-electron chi connectivity index (χ2n) is 6.13. The van der Waals surface area contributed by atoms with Crippen LogP contribution in [0.25, 0.3) is 0 Å². The molecule has 1 aliphatic heterocycles. The van der Waals surface area contributed by atoms with Gasteiger partial charge in [0, 0.05) is 13.1 Å². The number of nitrogens with one attached hydrogen (secondary N) is 1. The Morgan fingerprint density at radius 3 is 2.48 bits per heavy atom. The van der Waals surface area contributed by atoms with Crippen molar-refractivity contribution >= 4 is 15.9 Å². The number of piperidine rings is 1. The van der Waals surface area contributed by atoms with E-state index in [-0.39, 0.29) is 11.7 Å². The van der Waals surface area contributed by atoms with Crippen molar-refractivity contribution in [3.8, 4) is 0 Å². The average molecular weight is 338 g/mol. The Balaban J connectivity index is 1.79. The molecule has 0 unspecified atom stereocenters. The summed E-state index contributed by atoms with van der Waals surface area (Å²) in [6.45, 7) is 3.10. The summed E-state index contributed by atoms with van der Waals surface area (Å²) in [7, 11) is -3.43. The number of amides is 1. The Morgan fingerprint density at radius 1 is 1.17 bits per heavy atom. The van der Waals surface area contributed by atoms with Crippen LogP contribution < -0.4 is 4.72 Å². The van der Waals surface area contributed by atoms with Gasteiger partial charge in [0.2, 0.25) is 15.9 Å². The van der Waals surface area contributed by atoms with Crippen LogP contribution in [0.3, 0.4) is 0 Å². The van der Waals surface area contributed by atoms with Gasteiger partial charge in [-0.2, -0.15) is 0 Å². The second-order valence-corrected chi connectivity index (χ2v) is 8.01. The summed E-state index contributed by atoms with van der Waals surface area (Å²) in [5.41, 5.74) is 1.13. The van der Waals surface area contributed by atoms with Crippen LogP contribution in [0.15, 0.2) is 30.3 Å². The fourth-order valence-electron chi connectivity index (χ4n) is 2.88. The lowest BCUT2D eigenvalue weighted by molar-refractivity contribution is -0.133. The molecule has 1 amide bonds. The van der Waals surface area contributed by atoms with E-state index in [2.05, 4.69) is 4.72 Å². The maximum Gasteiger partial charge on any atom is 0.240 e. The van der Waals surface area contributed by atoms with Gasteiger partial charge in [0.1, 0.15) is 0 Å². The number of likely N-dealkylation sites (tertiary alicyclic amines) is 1. The van der Waals surface area contributed by atoms with Crippen LogP contribution in [0.1, 0.15) is 38.2 Å². The number of sulfonamides is 1. The van der Waals surface area contributed by atoms with E-state index in [0.29, 0.717) is 6.42 Å². The molecule has 0 saturated carbocycles. The average Bonchev–Trinajstić information content (AvgIpc) is 2.55. The lowest BCUT2D eigenvalue weighted by atomic mass is 10.1. The molecule has 6 heteroatoms. The lowest BCUT2D eigenvalue weighted by Gasteiger charge is -2.29. The van der Waals surface area contributed by atoms with Gasteiger partial charge >= 0.3 is 0 Å². The highest BCUT2D eigenvalue weighted by molar-refractivity contribution is 7.89. The maximum atomic E-state index is 12.3.